The first-order chi connectivity index (χ1) is 25.3. The van der Waals surface area contributed by atoms with Gasteiger partial charge < -0.3 is 9.13 Å². The number of pyridine rings is 2. The molecular formula is C46H28N4S. The Labute approximate surface area is 297 Å². The summed E-state index contributed by atoms with van der Waals surface area (Å²) in [6.45, 7) is 0. The van der Waals surface area contributed by atoms with Crippen LogP contribution in [0.3, 0.4) is 0 Å². The number of aromatic nitrogens is 4. The topological polar surface area (TPSA) is 35.6 Å². The van der Waals surface area contributed by atoms with Crippen molar-refractivity contribution in [2.75, 3.05) is 0 Å². The minimum Gasteiger partial charge on any atom is -0.309 e. The fourth-order valence-corrected chi connectivity index (χ4v) is 8.98. The summed E-state index contributed by atoms with van der Waals surface area (Å²) in [4.78, 5) is 9.35. The molecule has 6 aromatic carbocycles. The van der Waals surface area contributed by atoms with Crippen molar-refractivity contribution < 1.29 is 0 Å². The molecule has 51 heavy (non-hydrogen) atoms. The Morgan fingerprint density at radius 1 is 0.353 bits per heavy atom. The van der Waals surface area contributed by atoms with Crippen LogP contribution in [0.2, 0.25) is 0 Å². The lowest BCUT2D eigenvalue weighted by atomic mass is 9.97. The molecule has 0 atom stereocenters. The Balaban J connectivity index is 1.02. The Morgan fingerprint density at radius 3 is 1.55 bits per heavy atom. The van der Waals surface area contributed by atoms with E-state index in [4.69, 9.17) is 0 Å². The lowest BCUT2D eigenvalue weighted by Gasteiger charge is -2.11. The van der Waals surface area contributed by atoms with Gasteiger partial charge in [0.1, 0.15) is 11.0 Å². The van der Waals surface area contributed by atoms with Crippen molar-refractivity contribution in [1.82, 2.24) is 19.1 Å². The molecule has 0 bridgehead atoms. The predicted molar refractivity (Wildman–Crippen MR) is 214 cm³/mol. The van der Waals surface area contributed by atoms with Gasteiger partial charge in [-0.1, -0.05) is 72.8 Å². The minimum atomic E-state index is 0.916. The van der Waals surface area contributed by atoms with Gasteiger partial charge in [-0.05, 0) is 107 Å². The van der Waals surface area contributed by atoms with Gasteiger partial charge in [0.25, 0.3) is 0 Å². The second-order valence-corrected chi connectivity index (χ2v) is 14.2. The predicted octanol–water partition coefficient (Wildman–Crippen LogP) is 12.4. The van der Waals surface area contributed by atoms with Crippen LogP contribution in [0.15, 0.2) is 170 Å². The summed E-state index contributed by atoms with van der Waals surface area (Å²) in [7, 11) is 0. The summed E-state index contributed by atoms with van der Waals surface area (Å²) >= 11 is 1.86. The van der Waals surface area contributed by atoms with E-state index in [1.165, 1.54) is 64.4 Å². The quantitative estimate of drug-likeness (QED) is 0.187. The minimum absolute atomic E-state index is 0.916. The molecule has 0 unspecified atom stereocenters. The van der Waals surface area contributed by atoms with Crippen molar-refractivity contribution in [3.63, 3.8) is 0 Å². The summed E-state index contributed by atoms with van der Waals surface area (Å²) in [5, 5.41) is 5.13. The van der Waals surface area contributed by atoms with E-state index >= 15 is 0 Å². The zero-order valence-electron chi connectivity index (χ0n) is 27.4. The number of para-hydroxylation sites is 2. The van der Waals surface area contributed by atoms with E-state index in [1.54, 1.807) is 0 Å². The smallest absolute Gasteiger partial charge is 0.115 e. The van der Waals surface area contributed by atoms with Crippen LogP contribution in [-0.2, 0) is 0 Å². The van der Waals surface area contributed by atoms with Crippen LogP contribution in [0, 0.1) is 0 Å². The average Bonchev–Trinajstić information content (AvgIpc) is 3.85. The van der Waals surface area contributed by atoms with Crippen molar-refractivity contribution in [3.8, 4) is 33.6 Å². The molecule has 0 spiro atoms. The van der Waals surface area contributed by atoms with Crippen LogP contribution in [0.4, 0.5) is 0 Å². The molecule has 0 saturated carbocycles. The zero-order chi connectivity index (χ0) is 33.5. The van der Waals surface area contributed by atoms with E-state index in [2.05, 4.69) is 165 Å². The van der Waals surface area contributed by atoms with Crippen LogP contribution < -0.4 is 0 Å². The molecule has 0 amide bonds. The SMILES string of the molecule is c1cc(-c2cccc(-n3c4cccnc4c4ncccc43)c2)cc(-c2ccc3sc4ccc(-n5c6ccccc6c6ccccc65)cc4c3c2)c1. The van der Waals surface area contributed by atoms with Crippen molar-refractivity contribution in [3.05, 3.63) is 170 Å². The monoisotopic (exact) mass is 668 g/mol. The maximum absolute atomic E-state index is 4.68. The fraction of sp³-hybridized carbons (Fsp3) is 0. The first-order valence-electron chi connectivity index (χ1n) is 17.1. The number of nitrogens with zero attached hydrogens (tertiary/aromatic N) is 4. The Bertz CT molecular complexity index is 3060. The maximum atomic E-state index is 4.68. The summed E-state index contributed by atoms with van der Waals surface area (Å²) < 4.78 is 7.27. The lowest BCUT2D eigenvalue weighted by molar-refractivity contribution is 1.17. The van der Waals surface area contributed by atoms with Gasteiger partial charge >= 0.3 is 0 Å². The molecule has 5 aromatic heterocycles. The molecule has 11 rings (SSSR count). The van der Waals surface area contributed by atoms with Gasteiger partial charge in [0.05, 0.1) is 22.1 Å². The number of fused-ring (bicyclic) bond motifs is 9. The third-order valence-corrected chi connectivity index (χ3v) is 11.4. The van der Waals surface area contributed by atoms with Gasteiger partial charge in [-0.15, -0.1) is 11.3 Å². The van der Waals surface area contributed by atoms with Crippen LogP contribution in [0.5, 0.6) is 0 Å². The highest BCUT2D eigenvalue weighted by atomic mass is 32.1. The molecule has 11 aromatic rings. The van der Waals surface area contributed by atoms with Gasteiger partial charge in [0.15, 0.2) is 0 Å². The maximum Gasteiger partial charge on any atom is 0.115 e. The molecule has 4 nitrogen and oxygen atoms in total. The molecule has 0 saturated heterocycles. The highest BCUT2D eigenvalue weighted by Gasteiger charge is 2.16. The van der Waals surface area contributed by atoms with Crippen LogP contribution in [0.1, 0.15) is 0 Å². The van der Waals surface area contributed by atoms with Gasteiger partial charge in [0.2, 0.25) is 0 Å². The van der Waals surface area contributed by atoms with Crippen molar-refractivity contribution in [2.45, 2.75) is 0 Å². The molecule has 5 heterocycles. The molecule has 0 radical (unpaired) electrons. The van der Waals surface area contributed by atoms with Gasteiger partial charge in [-0.2, -0.15) is 0 Å². The fourth-order valence-electron chi connectivity index (χ4n) is 7.91. The van der Waals surface area contributed by atoms with E-state index in [-0.39, 0.29) is 0 Å². The largest absolute Gasteiger partial charge is 0.309 e. The summed E-state index contributed by atoms with van der Waals surface area (Å²) in [5.41, 5.74) is 13.4. The van der Waals surface area contributed by atoms with Gasteiger partial charge in [-0.25, -0.2) is 0 Å². The number of rotatable bonds is 4. The zero-order valence-corrected chi connectivity index (χ0v) is 28.2. The number of hydrogen-bond acceptors (Lipinski definition) is 3. The molecule has 0 fully saturated rings. The van der Waals surface area contributed by atoms with Crippen molar-refractivity contribution >= 4 is 75.4 Å². The van der Waals surface area contributed by atoms with E-state index in [0.717, 1.165) is 33.3 Å². The Hall–Kier alpha value is -6.56. The van der Waals surface area contributed by atoms with Crippen LogP contribution >= 0.6 is 11.3 Å². The van der Waals surface area contributed by atoms with Crippen LogP contribution in [-0.4, -0.2) is 19.1 Å². The lowest BCUT2D eigenvalue weighted by Crippen LogP contribution is -1.94. The third-order valence-electron chi connectivity index (χ3n) is 10.2. The molecule has 238 valence electrons. The second-order valence-electron chi connectivity index (χ2n) is 13.1. The molecule has 0 aliphatic heterocycles. The summed E-state index contributed by atoms with van der Waals surface area (Å²) in [5.74, 6) is 0. The average molecular weight is 669 g/mol. The van der Waals surface area contributed by atoms with Gasteiger partial charge in [0, 0.05) is 54.7 Å². The Morgan fingerprint density at radius 2 is 0.863 bits per heavy atom. The van der Waals surface area contributed by atoms with Crippen LogP contribution in [0.25, 0.3) is 97.7 Å². The summed E-state index contributed by atoms with van der Waals surface area (Å²) in [6, 6.07) is 57.1. The van der Waals surface area contributed by atoms with E-state index in [9.17, 15) is 0 Å². The number of thiophene rings is 1. The first kappa shape index (κ1) is 28.3. The normalized spacial score (nSPS) is 11.9. The number of hydrogen-bond donors (Lipinski definition) is 0. The van der Waals surface area contributed by atoms with E-state index in [0.29, 0.717) is 0 Å². The molecule has 0 aliphatic rings. The van der Waals surface area contributed by atoms with E-state index < -0.39 is 0 Å². The molecule has 0 aliphatic carbocycles. The Kier molecular flexibility index (Phi) is 6.09. The van der Waals surface area contributed by atoms with Crippen molar-refractivity contribution in [2.24, 2.45) is 0 Å². The standard InChI is InChI=1S/C46H28N4S/c1-3-15-39-35(13-1)36-14-2-4-16-40(36)49(39)34-20-22-44-38(28-34)37-27-32(19-21-43(37)51-44)30-10-5-9-29(25-30)31-11-6-12-33(26-31)50-41-17-7-23-47-45(41)46-42(50)18-8-24-48-46/h1-28H. The number of benzene rings is 6. The molecule has 5 heteroatoms. The highest BCUT2D eigenvalue weighted by molar-refractivity contribution is 7.25. The highest BCUT2D eigenvalue weighted by Crippen LogP contribution is 2.40. The first-order valence-corrected chi connectivity index (χ1v) is 18.0. The summed E-state index contributed by atoms with van der Waals surface area (Å²) in [6.07, 6.45) is 3.67. The molecule has 0 N–H and O–H groups in total. The van der Waals surface area contributed by atoms with Gasteiger partial charge in [-0.3, -0.25) is 9.97 Å². The van der Waals surface area contributed by atoms with E-state index in [1.807, 2.05) is 35.9 Å². The molecular weight excluding hydrogens is 641 g/mol. The second kappa shape index (κ2) is 11.0. The van der Waals surface area contributed by atoms with Crippen molar-refractivity contribution in [1.29, 1.82) is 0 Å². The third kappa shape index (κ3) is 4.32.